The number of hydrogen-bond acceptors (Lipinski definition) is 3. The van der Waals surface area contributed by atoms with Crippen molar-refractivity contribution >= 4 is 5.91 Å². The van der Waals surface area contributed by atoms with E-state index >= 15 is 0 Å². The average molecular weight is 240 g/mol. The minimum Gasteiger partial charge on any atom is -0.389 e. The van der Waals surface area contributed by atoms with Crippen LogP contribution < -0.4 is 10.6 Å². The van der Waals surface area contributed by atoms with Crippen molar-refractivity contribution in [1.29, 1.82) is 0 Å². The van der Waals surface area contributed by atoms with Gasteiger partial charge >= 0.3 is 0 Å². The zero-order valence-corrected chi connectivity index (χ0v) is 10.5. The molecule has 1 amide bonds. The van der Waals surface area contributed by atoms with Gasteiger partial charge in [0.2, 0.25) is 5.91 Å². The maximum absolute atomic E-state index is 11.6. The Hall–Kier alpha value is -0.610. The molecular formula is C13H24N2O2. The van der Waals surface area contributed by atoms with E-state index in [1.807, 2.05) is 0 Å². The van der Waals surface area contributed by atoms with Gasteiger partial charge in [-0.2, -0.15) is 0 Å². The highest BCUT2D eigenvalue weighted by atomic mass is 16.3. The van der Waals surface area contributed by atoms with Gasteiger partial charge in [0, 0.05) is 12.6 Å². The fourth-order valence-electron chi connectivity index (χ4n) is 2.97. The van der Waals surface area contributed by atoms with Crippen LogP contribution in [0.15, 0.2) is 0 Å². The van der Waals surface area contributed by atoms with Crippen molar-refractivity contribution < 1.29 is 9.90 Å². The number of aliphatic hydroxyl groups is 1. The molecule has 0 aromatic heterocycles. The molecule has 0 unspecified atom stereocenters. The van der Waals surface area contributed by atoms with E-state index in [4.69, 9.17) is 0 Å². The molecule has 2 rings (SSSR count). The zero-order chi connectivity index (χ0) is 12.1. The smallest absolute Gasteiger partial charge is 0.234 e. The molecule has 2 saturated carbocycles. The van der Waals surface area contributed by atoms with Crippen LogP contribution in [0.4, 0.5) is 0 Å². The first-order valence-electron chi connectivity index (χ1n) is 6.90. The van der Waals surface area contributed by atoms with Gasteiger partial charge in [0.1, 0.15) is 0 Å². The SMILES string of the molecule is O=C(CNCC1(O)CCCC1)NC1CCCC1. The van der Waals surface area contributed by atoms with Crippen LogP contribution >= 0.6 is 0 Å². The Balaban J connectivity index is 1.59. The van der Waals surface area contributed by atoms with E-state index in [1.165, 1.54) is 12.8 Å². The van der Waals surface area contributed by atoms with Crippen LogP contribution in [0.3, 0.4) is 0 Å². The van der Waals surface area contributed by atoms with Gasteiger partial charge < -0.3 is 15.7 Å². The fraction of sp³-hybridized carbons (Fsp3) is 0.923. The molecule has 4 nitrogen and oxygen atoms in total. The van der Waals surface area contributed by atoms with Gasteiger partial charge in [-0.1, -0.05) is 25.7 Å². The Kier molecular flexibility index (Phi) is 4.40. The van der Waals surface area contributed by atoms with Gasteiger partial charge in [0.15, 0.2) is 0 Å². The first kappa shape index (κ1) is 12.8. The van der Waals surface area contributed by atoms with Crippen LogP contribution in [0.5, 0.6) is 0 Å². The first-order chi connectivity index (χ1) is 8.18. The molecule has 0 aromatic carbocycles. The summed E-state index contributed by atoms with van der Waals surface area (Å²) in [5.41, 5.74) is -0.562. The van der Waals surface area contributed by atoms with E-state index in [1.54, 1.807) is 0 Å². The summed E-state index contributed by atoms with van der Waals surface area (Å²) in [6.07, 6.45) is 8.65. The molecule has 17 heavy (non-hydrogen) atoms. The molecule has 3 N–H and O–H groups in total. The molecule has 4 heteroatoms. The highest BCUT2D eigenvalue weighted by Crippen LogP contribution is 2.28. The van der Waals surface area contributed by atoms with Crippen molar-refractivity contribution in [3.05, 3.63) is 0 Å². The molecule has 0 atom stereocenters. The lowest BCUT2D eigenvalue weighted by molar-refractivity contribution is -0.121. The van der Waals surface area contributed by atoms with E-state index < -0.39 is 5.60 Å². The highest BCUT2D eigenvalue weighted by molar-refractivity contribution is 5.78. The summed E-state index contributed by atoms with van der Waals surface area (Å²) in [5.74, 6) is 0.0681. The summed E-state index contributed by atoms with van der Waals surface area (Å²) in [6, 6.07) is 0.388. The first-order valence-corrected chi connectivity index (χ1v) is 6.90. The third-order valence-corrected chi connectivity index (χ3v) is 3.99. The van der Waals surface area contributed by atoms with Crippen molar-refractivity contribution in [2.45, 2.75) is 63.0 Å². The lowest BCUT2D eigenvalue weighted by atomic mass is 10.0. The average Bonchev–Trinajstić information content (AvgIpc) is 2.90. The lowest BCUT2D eigenvalue weighted by Gasteiger charge is -2.22. The summed E-state index contributed by atoms with van der Waals surface area (Å²) in [6.45, 7) is 0.879. The standard InChI is InChI=1S/C13H24N2O2/c16-12(15-11-5-1-2-6-11)9-14-10-13(17)7-3-4-8-13/h11,14,17H,1-10H2,(H,15,16). The van der Waals surface area contributed by atoms with Crippen molar-refractivity contribution in [2.24, 2.45) is 0 Å². The molecule has 98 valence electrons. The predicted molar refractivity (Wildman–Crippen MR) is 66.7 cm³/mol. The van der Waals surface area contributed by atoms with E-state index in [0.29, 0.717) is 19.1 Å². The van der Waals surface area contributed by atoms with Gasteiger partial charge in [-0.25, -0.2) is 0 Å². The largest absolute Gasteiger partial charge is 0.389 e. The molecular weight excluding hydrogens is 216 g/mol. The summed E-state index contributed by atoms with van der Waals surface area (Å²) >= 11 is 0. The summed E-state index contributed by atoms with van der Waals surface area (Å²) in [4.78, 5) is 11.6. The number of nitrogens with one attached hydrogen (secondary N) is 2. The second-order valence-corrected chi connectivity index (χ2v) is 5.58. The van der Waals surface area contributed by atoms with E-state index in [2.05, 4.69) is 10.6 Å². The minimum atomic E-state index is -0.562. The minimum absolute atomic E-state index is 0.0681. The monoisotopic (exact) mass is 240 g/mol. The Morgan fingerprint density at radius 2 is 1.82 bits per heavy atom. The molecule has 0 aromatic rings. The fourth-order valence-corrected chi connectivity index (χ4v) is 2.97. The molecule has 0 heterocycles. The molecule has 0 bridgehead atoms. The van der Waals surface area contributed by atoms with Crippen molar-refractivity contribution in [2.75, 3.05) is 13.1 Å². The Morgan fingerprint density at radius 3 is 2.47 bits per heavy atom. The topological polar surface area (TPSA) is 61.4 Å². The molecule has 2 aliphatic rings. The van der Waals surface area contributed by atoms with Gasteiger partial charge in [-0.15, -0.1) is 0 Å². The normalized spacial score (nSPS) is 24.1. The van der Waals surface area contributed by atoms with Crippen molar-refractivity contribution in [3.63, 3.8) is 0 Å². The Morgan fingerprint density at radius 1 is 1.18 bits per heavy atom. The third-order valence-electron chi connectivity index (χ3n) is 3.99. The van der Waals surface area contributed by atoms with Gasteiger partial charge in [-0.3, -0.25) is 4.79 Å². The zero-order valence-electron chi connectivity index (χ0n) is 10.5. The number of carbonyl (C=O) groups excluding carboxylic acids is 1. The number of hydrogen-bond donors (Lipinski definition) is 3. The Labute approximate surface area is 103 Å². The van der Waals surface area contributed by atoms with Crippen LogP contribution in [0.1, 0.15) is 51.4 Å². The Bertz CT molecular complexity index is 256. The molecule has 0 saturated heterocycles. The van der Waals surface area contributed by atoms with Crippen LogP contribution in [0, 0.1) is 0 Å². The molecule has 2 aliphatic carbocycles. The quantitative estimate of drug-likeness (QED) is 0.670. The maximum atomic E-state index is 11.6. The molecule has 0 aliphatic heterocycles. The molecule has 2 fully saturated rings. The van der Waals surface area contributed by atoms with E-state index in [-0.39, 0.29) is 5.91 Å². The molecule has 0 spiro atoms. The van der Waals surface area contributed by atoms with E-state index in [9.17, 15) is 9.90 Å². The van der Waals surface area contributed by atoms with Crippen molar-refractivity contribution in [1.82, 2.24) is 10.6 Å². The second kappa shape index (κ2) is 5.83. The lowest BCUT2D eigenvalue weighted by Crippen LogP contribution is -2.44. The van der Waals surface area contributed by atoms with Gasteiger partial charge in [-0.05, 0) is 25.7 Å². The van der Waals surface area contributed by atoms with Crippen molar-refractivity contribution in [3.8, 4) is 0 Å². The highest BCUT2D eigenvalue weighted by Gasteiger charge is 2.30. The number of carbonyl (C=O) groups is 1. The summed E-state index contributed by atoms with van der Waals surface area (Å²) in [7, 11) is 0. The molecule has 0 radical (unpaired) electrons. The third kappa shape index (κ3) is 3.96. The second-order valence-electron chi connectivity index (χ2n) is 5.58. The predicted octanol–water partition coefficient (Wildman–Crippen LogP) is 0.940. The van der Waals surface area contributed by atoms with Gasteiger partial charge in [0.05, 0.1) is 12.1 Å². The van der Waals surface area contributed by atoms with Crippen LogP contribution in [0.25, 0.3) is 0 Å². The van der Waals surface area contributed by atoms with Crippen LogP contribution in [-0.4, -0.2) is 35.7 Å². The van der Waals surface area contributed by atoms with Crippen LogP contribution in [-0.2, 0) is 4.79 Å². The number of rotatable bonds is 5. The van der Waals surface area contributed by atoms with Gasteiger partial charge in [0.25, 0.3) is 0 Å². The number of amides is 1. The summed E-state index contributed by atoms with van der Waals surface area (Å²) in [5, 5.41) is 16.2. The summed E-state index contributed by atoms with van der Waals surface area (Å²) < 4.78 is 0. The van der Waals surface area contributed by atoms with Crippen LogP contribution in [0.2, 0.25) is 0 Å². The maximum Gasteiger partial charge on any atom is 0.234 e. The van der Waals surface area contributed by atoms with E-state index in [0.717, 1.165) is 38.5 Å².